The van der Waals surface area contributed by atoms with Crippen LogP contribution in [0.4, 0.5) is 5.69 Å². The largest absolute Gasteiger partial charge is 0.496 e. The SMILES string of the molecule is COc1cc(NC(=O)CC2(N)CCC2)ccc1C(=O)O. The number of anilines is 1. The summed E-state index contributed by atoms with van der Waals surface area (Å²) in [5.41, 5.74) is 6.19. The minimum absolute atomic E-state index is 0.0554. The van der Waals surface area contributed by atoms with Crippen molar-refractivity contribution >= 4 is 17.6 Å². The van der Waals surface area contributed by atoms with E-state index in [2.05, 4.69) is 5.32 Å². The summed E-state index contributed by atoms with van der Waals surface area (Å²) in [7, 11) is 1.39. The number of nitrogens with two attached hydrogens (primary N) is 1. The van der Waals surface area contributed by atoms with Gasteiger partial charge in [-0.15, -0.1) is 0 Å². The Labute approximate surface area is 116 Å². The lowest BCUT2D eigenvalue weighted by molar-refractivity contribution is -0.118. The second-order valence-electron chi connectivity index (χ2n) is 5.16. The maximum atomic E-state index is 11.9. The fourth-order valence-electron chi connectivity index (χ4n) is 2.28. The first-order valence-corrected chi connectivity index (χ1v) is 6.44. The van der Waals surface area contributed by atoms with Crippen LogP contribution in [0.15, 0.2) is 18.2 Å². The molecule has 1 fully saturated rings. The van der Waals surface area contributed by atoms with E-state index in [1.54, 1.807) is 0 Å². The van der Waals surface area contributed by atoms with Gasteiger partial charge in [0, 0.05) is 23.7 Å². The van der Waals surface area contributed by atoms with E-state index in [9.17, 15) is 9.59 Å². The quantitative estimate of drug-likeness (QED) is 0.759. The Balaban J connectivity index is 2.05. The van der Waals surface area contributed by atoms with Crippen molar-refractivity contribution in [1.29, 1.82) is 0 Å². The van der Waals surface area contributed by atoms with Crippen molar-refractivity contribution in [3.63, 3.8) is 0 Å². The number of ether oxygens (including phenoxy) is 1. The molecule has 0 aromatic heterocycles. The highest BCUT2D eigenvalue weighted by Gasteiger charge is 2.34. The van der Waals surface area contributed by atoms with Crippen LogP contribution in [0.2, 0.25) is 0 Å². The molecule has 0 unspecified atom stereocenters. The maximum Gasteiger partial charge on any atom is 0.339 e. The van der Waals surface area contributed by atoms with Gasteiger partial charge in [-0.2, -0.15) is 0 Å². The van der Waals surface area contributed by atoms with Gasteiger partial charge < -0.3 is 20.9 Å². The standard InChI is InChI=1S/C14H18N2O4/c1-20-11-7-9(3-4-10(11)13(18)19)16-12(17)8-14(15)5-2-6-14/h3-4,7H,2,5-6,8,15H2,1H3,(H,16,17)(H,18,19). The summed E-state index contributed by atoms with van der Waals surface area (Å²) >= 11 is 0. The Hall–Kier alpha value is -2.08. The minimum Gasteiger partial charge on any atom is -0.496 e. The molecule has 0 spiro atoms. The average Bonchev–Trinajstić information content (AvgIpc) is 2.36. The first-order chi connectivity index (χ1) is 9.43. The number of carboxylic acids is 1. The van der Waals surface area contributed by atoms with Gasteiger partial charge in [0.15, 0.2) is 0 Å². The van der Waals surface area contributed by atoms with Crippen molar-refractivity contribution in [2.75, 3.05) is 12.4 Å². The average molecular weight is 278 g/mol. The number of rotatable bonds is 5. The van der Waals surface area contributed by atoms with E-state index < -0.39 is 5.97 Å². The molecule has 1 saturated carbocycles. The maximum absolute atomic E-state index is 11.9. The zero-order chi connectivity index (χ0) is 14.8. The van der Waals surface area contributed by atoms with E-state index in [0.717, 1.165) is 19.3 Å². The van der Waals surface area contributed by atoms with Gasteiger partial charge in [-0.1, -0.05) is 0 Å². The third-order valence-electron chi connectivity index (χ3n) is 3.58. The monoisotopic (exact) mass is 278 g/mol. The zero-order valence-electron chi connectivity index (χ0n) is 11.3. The molecule has 0 saturated heterocycles. The van der Waals surface area contributed by atoms with E-state index in [1.165, 1.54) is 25.3 Å². The number of nitrogens with one attached hydrogen (secondary N) is 1. The van der Waals surface area contributed by atoms with E-state index in [0.29, 0.717) is 5.69 Å². The molecule has 1 aliphatic carbocycles. The summed E-state index contributed by atoms with van der Waals surface area (Å²) in [6.45, 7) is 0. The van der Waals surface area contributed by atoms with E-state index in [4.69, 9.17) is 15.6 Å². The Bertz CT molecular complexity index is 538. The number of hydrogen-bond acceptors (Lipinski definition) is 4. The van der Waals surface area contributed by atoms with Crippen LogP contribution in [-0.4, -0.2) is 29.6 Å². The number of carbonyl (C=O) groups is 2. The number of hydrogen-bond donors (Lipinski definition) is 3. The molecule has 1 amide bonds. The van der Waals surface area contributed by atoms with Crippen LogP contribution >= 0.6 is 0 Å². The number of carboxylic acid groups (broad SMARTS) is 1. The van der Waals surface area contributed by atoms with Crippen molar-refractivity contribution in [3.05, 3.63) is 23.8 Å². The molecule has 4 N–H and O–H groups in total. The fourth-order valence-corrected chi connectivity index (χ4v) is 2.28. The molecule has 0 atom stereocenters. The summed E-state index contributed by atoms with van der Waals surface area (Å²) in [4.78, 5) is 22.9. The van der Waals surface area contributed by atoms with Gasteiger partial charge >= 0.3 is 5.97 Å². The molecule has 1 aromatic carbocycles. The molecular formula is C14H18N2O4. The van der Waals surface area contributed by atoms with Crippen LogP contribution in [0.3, 0.4) is 0 Å². The third-order valence-corrected chi connectivity index (χ3v) is 3.58. The van der Waals surface area contributed by atoms with Gasteiger partial charge in [0.2, 0.25) is 5.91 Å². The summed E-state index contributed by atoms with van der Waals surface area (Å²) in [5, 5.41) is 11.7. The number of aromatic carboxylic acids is 1. The first-order valence-electron chi connectivity index (χ1n) is 6.44. The van der Waals surface area contributed by atoms with Gasteiger partial charge in [0.05, 0.1) is 7.11 Å². The number of amides is 1. The summed E-state index contributed by atoms with van der Waals surface area (Å²) in [6, 6.07) is 4.43. The normalized spacial score (nSPS) is 16.1. The van der Waals surface area contributed by atoms with Crippen LogP contribution in [0.1, 0.15) is 36.0 Å². The van der Waals surface area contributed by atoms with Crippen LogP contribution in [0.25, 0.3) is 0 Å². The highest BCUT2D eigenvalue weighted by atomic mass is 16.5. The zero-order valence-corrected chi connectivity index (χ0v) is 11.3. The Kier molecular flexibility index (Phi) is 3.94. The molecule has 6 nitrogen and oxygen atoms in total. The lowest BCUT2D eigenvalue weighted by Gasteiger charge is -2.37. The van der Waals surface area contributed by atoms with Crippen molar-refractivity contribution in [2.45, 2.75) is 31.2 Å². The Morgan fingerprint density at radius 2 is 2.15 bits per heavy atom. The summed E-state index contributed by atoms with van der Waals surface area (Å²) < 4.78 is 5.01. The second-order valence-corrected chi connectivity index (χ2v) is 5.16. The lowest BCUT2D eigenvalue weighted by Crippen LogP contribution is -2.48. The van der Waals surface area contributed by atoms with Crippen LogP contribution < -0.4 is 15.8 Å². The molecule has 0 radical (unpaired) electrons. The van der Waals surface area contributed by atoms with Gasteiger partial charge in [-0.05, 0) is 31.4 Å². The van der Waals surface area contributed by atoms with Crippen molar-refractivity contribution in [1.82, 2.24) is 0 Å². The number of carbonyl (C=O) groups excluding carboxylic acids is 1. The summed E-state index contributed by atoms with van der Waals surface area (Å²) in [5.74, 6) is -1.03. The Morgan fingerprint density at radius 1 is 1.45 bits per heavy atom. The molecule has 6 heteroatoms. The molecule has 1 aliphatic rings. The van der Waals surface area contributed by atoms with Crippen molar-refractivity contribution < 1.29 is 19.4 Å². The van der Waals surface area contributed by atoms with E-state index in [-0.39, 0.29) is 29.2 Å². The summed E-state index contributed by atoms with van der Waals surface area (Å²) in [6.07, 6.45) is 3.06. The van der Waals surface area contributed by atoms with Crippen molar-refractivity contribution in [2.24, 2.45) is 5.73 Å². The van der Waals surface area contributed by atoms with E-state index >= 15 is 0 Å². The minimum atomic E-state index is -1.07. The molecule has 2 rings (SSSR count). The lowest BCUT2D eigenvalue weighted by atomic mass is 9.75. The highest BCUT2D eigenvalue weighted by Crippen LogP contribution is 2.32. The van der Waals surface area contributed by atoms with Crippen LogP contribution in [-0.2, 0) is 4.79 Å². The fraction of sp³-hybridized carbons (Fsp3) is 0.429. The molecule has 108 valence electrons. The van der Waals surface area contributed by atoms with Gasteiger partial charge in [-0.3, -0.25) is 4.79 Å². The van der Waals surface area contributed by atoms with E-state index in [1.807, 2.05) is 0 Å². The molecular weight excluding hydrogens is 260 g/mol. The number of methoxy groups -OCH3 is 1. The molecule has 0 aliphatic heterocycles. The molecule has 20 heavy (non-hydrogen) atoms. The van der Waals surface area contributed by atoms with Crippen molar-refractivity contribution in [3.8, 4) is 5.75 Å². The third kappa shape index (κ3) is 3.08. The smallest absolute Gasteiger partial charge is 0.339 e. The predicted molar refractivity (Wildman–Crippen MR) is 74.0 cm³/mol. The molecule has 0 heterocycles. The highest BCUT2D eigenvalue weighted by molar-refractivity contribution is 5.95. The van der Waals surface area contributed by atoms with Crippen LogP contribution in [0.5, 0.6) is 5.75 Å². The van der Waals surface area contributed by atoms with Gasteiger partial charge in [-0.25, -0.2) is 4.79 Å². The van der Waals surface area contributed by atoms with Gasteiger partial charge in [0.1, 0.15) is 11.3 Å². The molecule has 1 aromatic rings. The number of benzene rings is 1. The van der Waals surface area contributed by atoms with Crippen LogP contribution in [0, 0.1) is 0 Å². The second kappa shape index (κ2) is 5.50. The van der Waals surface area contributed by atoms with Gasteiger partial charge in [0.25, 0.3) is 0 Å². The molecule has 0 bridgehead atoms. The topological polar surface area (TPSA) is 102 Å². The predicted octanol–water partition coefficient (Wildman–Crippen LogP) is 1.60. The first kappa shape index (κ1) is 14.3. The Morgan fingerprint density at radius 3 is 2.65 bits per heavy atom.